The summed E-state index contributed by atoms with van der Waals surface area (Å²) in [6, 6.07) is 9.19. The Morgan fingerprint density at radius 3 is 2.52 bits per heavy atom. The molecule has 0 aliphatic heterocycles. The highest BCUT2D eigenvalue weighted by Crippen LogP contribution is 2.32. The highest BCUT2D eigenvalue weighted by atomic mass is 16.5. The van der Waals surface area contributed by atoms with Gasteiger partial charge in [0.25, 0.3) is 0 Å². The van der Waals surface area contributed by atoms with Gasteiger partial charge < -0.3 is 14.8 Å². The van der Waals surface area contributed by atoms with E-state index < -0.39 is 0 Å². The van der Waals surface area contributed by atoms with Gasteiger partial charge in [0, 0.05) is 29.2 Å². The number of rotatable bonds is 6. The maximum Gasteiger partial charge on any atom is 0.211 e. The number of nitrogens with zero attached hydrogens (tertiary/aromatic N) is 1. The summed E-state index contributed by atoms with van der Waals surface area (Å²) < 4.78 is 10.7. The number of methoxy groups -OCH3 is 2. The van der Waals surface area contributed by atoms with E-state index in [2.05, 4.69) is 10.3 Å². The molecule has 1 amide bonds. The normalized spacial score (nSPS) is 10.9. The molecule has 0 unspecified atom stereocenters. The molecule has 0 fully saturated rings. The maximum absolute atomic E-state index is 10.8. The molecule has 2 aromatic rings. The molecule has 5 heteroatoms. The highest BCUT2D eigenvalue weighted by Gasteiger charge is 2.09. The number of amides is 1. The van der Waals surface area contributed by atoms with Crippen molar-refractivity contribution in [3.8, 4) is 11.5 Å². The Bertz CT molecular complexity index is 639. The minimum Gasteiger partial charge on any atom is -0.493 e. The number of nitrogens with one attached hydrogen (secondary N) is 1. The second-order valence-corrected chi connectivity index (χ2v) is 4.14. The number of hydrogen-bond acceptors (Lipinski definition) is 4. The van der Waals surface area contributed by atoms with Gasteiger partial charge in [-0.1, -0.05) is 12.1 Å². The lowest BCUT2D eigenvalue weighted by Crippen LogP contribution is -2.09. The molecule has 0 spiro atoms. The molecule has 0 saturated heterocycles. The van der Waals surface area contributed by atoms with Crippen molar-refractivity contribution in [1.29, 1.82) is 0 Å². The lowest BCUT2D eigenvalue weighted by atomic mass is 10.1. The van der Waals surface area contributed by atoms with Crippen LogP contribution < -0.4 is 14.8 Å². The molecule has 5 nitrogen and oxygen atoms in total. The summed E-state index contributed by atoms with van der Waals surface area (Å²) in [7, 11) is 3.16. The zero-order valence-corrected chi connectivity index (χ0v) is 11.9. The molecule has 1 aromatic carbocycles. The molecule has 0 atom stereocenters. The predicted octanol–water partition coefficient (Wildman–Crippen LogP) is 2.34. The lowest BCUT2D eigenvalue weighted by molar-refractivity contribution is -0.108. The van der Waals surface area contributed by atoms with Crippen LogP contribution in [-0.4, -0.2) is 25.6 Å². The van der Waals surface area contributed by atoms with E-state index in [9.17, 15) is 4.79 Å². The number of carbonyl (C=O) groups excluding carboxylic acids is 1. The number of benzene rings is 1. The van der Waals surface area contributed by atoms with Crippen molar-refractivity contribution in [2.45, 2.75) is 0 Å². The van der Waals surface area contributed by atoms with Crippen LogP contribution in [-0.2, 0) is 4.79 Å². The average molecular weight is 284 g/mol. The summed E-state index contributed by atoms with van der Waals surface area (Å²) in [6.07, 6.45) is 5.79. The molecule has 0 radical (unpaired) electrons. The monoisotopic (exact) mass is 284 g/mol. The molecule has 0 aliphatic carbocycles. The van der Waals surface area contributed by atoms with E-state index in [1.54, 1.807) is 26.6 Å². The van der Waals surface area contributed by atoms with Gasteiger partial charge in [-0.25, -0.2) is 0 Å². The van der Waals surface area contributed by atoms with Crippen molar-refractivity contribution >= 4 is 18.2 Å². The first-order chi connectivity index (χ1) is 10.3. The number of ether oxygens (including phenoxy) is 2. The van der Waals surface area contributed by atoms with E-state index in [0.717, 1.165) is 11.1 Å². The minimum absolute atomic E-state index is 0.610. The molecule has 108 valence electrons. The first-order valence-electron chi connectivity index (χ1n) is 6.33. The summed E-state index contributed by atoms with van der Waals surface area (Å²) in [5.74, 6) is 1.24. The fourth-order valence-corrected chi connectivity index (χ4v) is 1.98. The predicted molar refractivity (Wildman–Crippen MR) is 80.9 cm³/mol. The summed E-state index contributed by atoms with van der Waals surface area (Å²) >= 11 is 0. The molecule has 21 heavy (non-hydrogen) atoms. The largest absolute Gasteiger partial charge is 0.493 e. The average Bonchev–Trinajstić information content (AvgIpc) is 2.55. The summed E-state index contributed by atoms with van der Waals surface area (Å²) in [6.45, 7) is 0. The van der Waals surface area contributed by atoms with Crippen LogP contribution in [0.4, 0.5) is 0 Å². The molecule has 0 bridgehead atoms. The van der Waals surface area contributed by atoms with Crippen LogP contribution in [0.5, 0.6) is 11.5 Å². The maximum atomic E-state index is 10.8. The fourth-order valence-electron chi connectivity index (χ4n) is 1.98. The van der Waals surface area contributed by atoms with E-state index in [4.69, 9.17) is 9.47 Å². The Kier molecular flexibility index (Phi) is 4.93. The molecule has 1 N–H and O–H groups in total. The third-order valence-corrected chi connectivity index (χ3v) is 2.94. The number of aromatic nitrogens is 1. The zero-order chi connectivity index (χ0) is 15.1. The smallest absolute Gasteiger partial charge is 0.211 e. The van der Waals surface area contributed by atoms with Gasteiger partial charge in [-0.15, -0.1) is 0 Å². The molecule has 2 rings (SSSR count). The number of pyridine rings is 1. The summed E-state index contributed by atoms with van der Waals surface area (Å²) in [5, 5.41) is 2.69. The van der Waals surface area contributed by atoms with Crippen molar-refractivity contribution in [1.82, 2.24) is 10.3 Å². The van der Waals surface area contributed by atoms with Gasteiger partial charge in [-0.3, -0.25) is 9.78 Å². The SMILES string of the molecule is COc1cccc(C=C(NC=O)c2ccncc2)c1OC. The molecule has 0 saturated carbocycles. The van der Waals surface area contributed by atoms with Gasteiger partial charge in [0.1, 0.15) is 0 Å². The first kappa shape index (κ1) is 14.6. The Balaban J connectivity index is 2.50. The van der Waals surface area contributed by atoms with Crippen LogP contribution in [0.1, 0.15) is 11.1 Å². The lowest BCUT2D eigenvalue weighted by Gasteiger charge is -2.12. The topological polar surface area (TPSA) is 60.5 Å². The number of carbonyl (C=O) groups is 1. The minimum atomic E-state index is 0.610. The molecule has 1 aromatic heterocycles. The molecule has 0 aliphatic rings. The van der Waals surface area contributed by atoms with Crippen LogP contribution in [0, 0.1) is 0 Å². The van der Waals surface area contributed by atoms with Gasteiger partial charge in [-0.2, -0.15) is 0 Å². The van der Waals surface area contributed by atoms with E-state index in [1.807, 2.05) is 36.4 Å². The van der Waals surface area contributed by atoms with Gasteiger partial charge in [0.2, 0.25) is 6.41 Å². The van der Waals surface area contributed by atoms with Gasteiger partial charge in [0.15, 0.2) is 11.5 Å². The van der Waals surface area contributed by atoms with Crippen molar-refractivity contribution in [3.63, 3.8) is 0 Å². The zero-order valence-electron chi connectivity index (χ0n) is 11.9. The van der Waals surface area contributed by atoms with Gasteiger partial charge in [-0.05, 0) is 24.3 Å². The van der Waals surface area contributed by atoms with Crippen LogP contribution >= 0.6 is 0 Å². The fraction of sp³-hybridized carbons (Fsp3) is 0.125. The van der Waals surface area contributed by atoms with Crippen LogP contribution in [0.15, 0.2) is 42.7 Å². The molecular weight excluding hydrogens is 268 g/mol. The Morgan fingerprint density at radius 2 is 1.90 bits per heavy atom. The van der Waals surface area contributed by atoms with Crippen molar-refractivity contribution in [3.05, 3.63) is 53.9 Å². The highest BCUT2D eigenvalue weighted by molar-refractivity contribution is 5.87. The molecular formula is C16H16N2O3. The van der Waals surface area contributed by atoms with E-state index in [-0.39, 0.29) is 0 Å². The Morgan fingerprint density at radius 1 is 1.14 bits per heavy atom. The summed E-state index contributed by atoms with van der Waals surface area (Å²) in [5.41, 5.74) is 2.30. The Hall–Kier alpha value is -2.82. The van der Waals surface area contributed by atoms with Gasteiger partial charge in [0.05, 0.1) is 14.2 Å². The van der Waals surface area contributed by atoms with Crippen LogP contribution in [0.3, 0.4) is 0 Å². The first-order valence-corrected chi connectivity index (χ1v) is 6.33. The second kappa shape index (κ2) is 7.09. The second-order valence-electron chi connectivity index (χ2n) is 4.14. The standard InChI is InChI=1S/C16H16N2O3/c1-20-15-5-3-4-13(16(15)21-2)10-14(18-11-19)12-6-8-17-9-7-12/h3-11H,1-2H3,(H,18,19). The van der Waals surface area contributed by atoms with Gasteiger partial charge >= 0.3 is 0 Å². The summed E-state index contributed by atoms with van der Waals surface area (Å²) in [4.78, 5) is 14.8. The van der Waals surface area contributed by atoms with Crippen molar-refractivity contribution in [2.24, 2.45) is 0 Å². The third kappa shape index (κ3) is 3.39. The van der Waals surface area contributed by atoms with Crippen LogP contribution in [0.25, 0.3) is 11.8 Å². The Labute approximate surface area is 123 Å². The number of hydrogen-bond donors (Lipinski definition) is 1. The van der Waals surface area contributed by atoms with E-state index in [0.29, 0.717) is 23.6 Å². The van der Waals surface area contributed by atoms with E-state index >= 15 is 0 Å². The molecule has 1 heterocycles. The quantitative estimate of drug-likeness (QED) is 0.827. The van der Waals surface area contributed by atoms with E-state index in [1.165, 1.54) is 0 Å². The number of para-hydroxylation sites is 1. The third-order valence-electron chi connectivity index (χ3n) is 2.94. The van der Waals surface area contributed by atoms with Crippen molar-refractivity contribution in [2.75, 3.05) is 14.2 Å². The van der Waals surface area contributed by atoms with Crippen LogP contribution in [0.2, 0.25) is 0 Å². The van der Waals surface area contributed by atoms with Crippen molar-refractivity contribution < 1.29 is 14.3 Å².